The van der Waals surface area contributed by atoms with E-state index in [0.717, 1.165) is 12.3 Å². The monoisotopic (exact) mass is 585 g/mol. The van der Waals surface area contributed by atoms with Gasteiger partial charge >= 0.3 is 6.18 Å². The van der Waals surface area contributed by atoms with E-state index in [1.807, 2.05) is 0 Å². The fraction of sp³-hybridized carbons (Fsp3) is 0.214. The molecule has 9 nitrogen and oxygen atoms in total. The predicted molar refractivity (Wildman–Crippen MR) is 146 cm³/mol. The maximum atomic E-state index is 13.2. The van der Waals surface area contributed by atoms with Crippen LogP contribution in [0.4, 0.5) is 19.0 Å². The highest BCUT2D eigenvalue weighted by molar-refractivity contribution is 7.90. The smallest absolute Gasteiger partial charge is 0.383 e. The number of nitrogens with two attached hydrogens (primary N) is 1. The van der Waals surface area contributed by atoms with Crippen LogP contribution in [0.5, 0.6) is 0 Å². The third-order valence-corrected chi connectivity index (χ3v) is 7.51. The van der Waals surface area contributed by atoms with Crippen LogP contribution < -0.4 is 16.6 Å². The van der Waals surface area contributed by atoms with Crippen LogP contribution in [-0.2, 0) is 35.5 Å². The number of halogens is 3. The molecule has 0 saturated heterocycles. The van der Waals surface area contributed by atoms with Gasteiger partial charge in [0.15, 0.2) is 9.84 Å². The van der Waals surface area contributed by atoms with Crippen LogP contribution in [0.25, 0.3) is 0 Å². The summed E-state index contributed by atoms with van der Waals surface area (Å²) in [7, 11) is -3.64. The summed E-state index contributed by atoms with van der Waals surface area (Å²) < 4.78 is 66.1. The number of sulfone groups is 1. The Balaban J connectivity index is 1.52. The molecule has 0 fully saturated rings. The maximum Gasteiger partial charge on any atom is 0.419 e. The van der Waals surface area contributed by atoms with Crippen LogP contribution in [0.15, 0.2) is 76.7 Å². The Bertz CT molecular complexity index is 1790. The highest BCUT2D eigenvalue weighted by Gasteiger charge is 2.34. The number of benzene rings is 1. The van der Waals surface area contributed by atoms with E-state index < -0.39 is 33.3 Å². The number of amides is 1. The summed E-state index contributed by atoms with van der Waals surface area (Å²) in [5.74, 6) is -1.18. The number of carbonyl (C=O) groups excluding carboxylic acids is 1. The van der Waals surface area contributed by atoms with Crippen molar-refractivity contribution in [3.8, 4) is 0 Å². The molecule has 4 rings (SSSR count). The van der Waals surface area contributed by atoms with Crippen LogP contribution in [0, 0.1) is 6.92 Å². The van der Waals surface area contributed by atoms with E-state index in [4.69, 9.17) is 5.73 Å². The third kappa shape index (κ3) is 7.17. The molecule has 13 heteroatoms. The summed E-state index contributed by atoms with van der Waals surface area (Å²) >= 11 is 0. The molecule has 4 aromatic rings. The molecule has 41 heavy (non-hydrogen) atoms. The second-order valence-corrected chi connectivity index (χ2v) is 11.4. The summed E-state index contributed by atoms with van der Waals surface area (Å²) in [6.45, 7) is 1.36. The molecule has 1 amide bonds. The standard InChI is InChI=1S/C28H26F3N5O4S/c1-17-21(14-23(26(32)35-17)28(29,30)31)15-34-27(38)19-8-9-33-22(13-19)11-18-6-7-20(24(12-18)41(2,39)40)16-36-10-4-3-5-25(36)37/h3-10,12-14H,11,15-16H2,1-2H3,(H2,32,35)(H,34,38). The number of hydrogen-bond donors (Lipinski definition) is 2. The minimum absolute atomic E-state index is 0.0731. The highest BCUT2D eigenvalue weighted by atomic mass is 32.2. The van der Waals surface area contributed by atoms with Crippen molar-refractivity contribution in [2.75, 3.05) is 12.0 Å². The van der Waals surface area contributed by atoms with E-state index in [2.05, 4.69) is 15.3 Å². The fourth-order valence-electron chi connectivity index (χ4n) is 4.23. The zero-order valence-electron chi connectivity index (χ0n) is 22.1. The van der Waals surface area contributed by atoms with Gasteiger partial charge in [-0.25, -0.2) is 13.4 Å². The van der Waals surface area contributed by atoms with E-state index in [9.17, 15) is 31.2 Å². The lowest BCUT2D eigenvalue weighted by Crippen LogP contribution is -2.24. The maximum absolute atomic E-state index is 13.2. The Morgan fingerprint density at radius 2 is 1.83 bits per heavy atom. The average Bonchev–Trinajstić information content (AvgIpc) is 2.89. The SMILES string of the molecule is Cc1nc(N)c(C(F)(F)F)cc1CNC(=O)c1ccnc(Cc2ccc(Cn3ccccc3=O)c(S(C)(=O)=O)c2)c1. The van der Waals surface area contributed by atoms with Crippen LogP contribution in [0.3, 0.4) is 0 Å². The van der Waals surface area contributed by atoms with E-state index >= 15 is 0 Å². The van der Waals surface area contributed by atoms with Gasteiger partial charge in [-0.15, -0.1) is 0 Å². The predicted octanol–water partition coefficient (Wildman–Crippen LogP) is 3.52. The molecule has 0 spiro atoms. The highest BCUT2D eigenvalue weighted by Crippen LogP contribution is 2.33. The van der Waals surface area contributed by atoms with E-state index in [1.54, 1.807) is 30.5 Å². The zero-order chi connectivity index (χ0) is 29.9. The van der Waals surface area contributed by atoms with Crippen LogP contribution in [0.1, 0.15) is 44.0 Å². The van der Waals surface area contributed by atoms with Gasteiger partial charge in [0.05, 0.1) is 17.0 Å². The molecule has 1 aromatic carbocycles. The van der Waals surface area contributed by atoms with E-state index in [0.29, 0.717) is 16.8 Å². The molecule has 0 bridgehead atoms. The number of pyridine rings is 3. The van der Waals surface area contributed by atoms with E-state index in [1.165, 1.54) is 42.0 Å². The Hall–Kier alpha value is -4.52. The number of anilines is 1. The first kappa shape index (κ1) is 29.5. The third-order valence-electron chi connectivity index (χ3n) is 6.33. The van der Waals surface area contributed by atoms with Gasteiger partial charge in [0, 0.05) is 54.6 Å². The molecule has 214 valence electrons. The van der Waals surface area contributed by atoms with Gasteiger partial charge < -0.3 is 15.6 Å². The number of aromatic nitrogens is 3. The molecule has 3 aromatic heterocycles. The first-order chi connectivity index (χ1) is 19.2. The minimum atomic E-state index is -4.68. The number of alkyl halides is 3. The zero-order valence-corrected chi connectivity index (χ0v) is 22.9. The summed E-state index contributed by atoms with van der Waals surface area (Å²) in [4.78, 5) is 33.0. The van der Waals surface area contributed by atoms with Crippen molar-refractivity contribution in [1.82, 2.24) is 19.9 Å². The summed E-state index contributed by atoms with van der Waals surface area (Å²) in [5.41, 5.74) is 6.25. The lowest BCUT2D eigenvalue weighted by atomic mass is 10.0. The number of nitrogens with one attached hydrogen (secondary N) is 1. The van der Waals surface area contributed by atoms with Crippen molar-refractivity contribution >= 4 is 21.6 Å². The normalized spacial score (nSPS) is 11.8. The number of rotatable bonds is 8. The molecule has 0 saturated carbocycles. The van der Waals surface area contributed by atoms with Gasteiger partial charge in [0.25, 0.3) is 11.5 Å². The Morgan fingerprint density at radius 3 is 2.51 bits per heavy atom. The number of hydrogen-bond acceptors (Lipinski definition) is 7. The van der Waals surface area contributed by atoms with Crippen molar-refractivity contribution < 1.29 is 26.4 Å². The second-order valence-electron chi connectivity index (χ2n) is 9.44. The van der Waals surface area contributed by atoms with Crippen LogP contribution in [0.2, 0.25) is 0 Å². The molecule has 3 heterocycles. The number of nitrogens with zero attached hydrogens (tertiary/aromatic N) is 3. The van der Waals surface area contributed by atoms with Crippen molar-refractivity contribution in [3.63, 3.8) is 0 Å². The molecule has 0 aliphatic heterocycles. The molecule has 0 unspecified atom stereocenters. The number of aryl methyl sites for hydroxylation is 1. The molecular weight excluding hydrogens is 559 g/mol. The van der Waals surface area contributed by atoms with Crippen LogP contribution in [-0.4, -0.2) is 35.1 Å². The molecule has 0 aliphatic rings. The molecule has 0 aliphatic carbocycles. The van der Waals surface area contributed by atoms with Crippen molar-refractivity contribution in [3.05, 3.63) is 117 Å². The average molecular weight is 586 g/mol. The Morgan fingerprint density at radius 1 is 1.07 bits per heavy atom. The van der Waals surface area contributed by atoms with Crippen molar-refractivity contribution in [1.29, 1.82) is 0 Å². The number of carbonyl (C=O) groups is 1. The second kappa shape index (κ2) is 11.5. The fourth-order valence-corrected chi connectivity index (χ4v) is 5.21. The molecule has 0 radical (unpaired) electrons. The largest absolute Gasteiger partial charge is 0.419 e. The Kier molecular flexibility index (Phi) is 8.29. The van der Waals surface area contributed by atoms with Gasteiger partial charge in [-0.1, -0.05) is 18.2 Å². The topological polar surface area (TPSA) is 137 Å². The Labute approximate surface area is 233 Å². The lowest BCUT2D eigenvalue weighted by Gasteiger charge is -2.14. The minimum Gasteiger partial charge on any atom is -0.383 e. The first-order valence-electron chi connectivity index (χ1n) is 12.3. The molecule has 3 N–H and O–H groups in total. The van der Waals surface area contributed by atoms with Gasteiger partial charge in [0.2, 0.25) is 0 Å². The summed E-state index contributed by atoms with van der Waals surface area (Å²) in [5, 5.41) is 2.59. The van der Waals surface area contributed by atoms with E-state index in [-0.39, 0.29) is 46.8 Å². The quantitative estimate of drug-likeness (QED) is 0.323. The lowest BCUT2D eigenvalue weighted by molar-refractivity contribution is -0.137. The van der Waals surface area contributed by atoms with Gasteiger partial charge in [-0.05, 0) is 53.9 Å². The van der Waals surface area contributed by atoms with Gasteiger partial charge in [-0.3, -0.25) is 14.6 Å². The van der Waals surface area contributed by atoms with Crippen LogP contribution >= 0.6 is 0 Å². The van der Waals surface area contributed by atoms with Gasteiger partial charge in [-0.2, -0.15) is 13.2 Å². The molecular formula is C28H26F3N5O4S. The summed E-state index contributed by atoms with van der Waals surface area (Å²) in [6.07, 6.45) is -0.412. The number of nitrogen functional groups attached to an aromatic ring is 1. The van der Waals surface area contributed by atoms with Crippen molar-refractivity contribution in [2.24, 2.45) is 0 Å². The first-order valence-corrected chi connectivity index (χ1v) is 14.1. The van der Waals surface area contributed by atoms with Crippen molar-refractivity contribution in [2.45, 2.75) is 37.5 Å². The van der Waals surface area contributed by atoms with Gasteiger partial charge in [0.1, 0.15) is 5.82 Å². The molecule has 0 atom stereocenters. The summed E-state index contributed by atoms with van der Waals surface area (Å²) in [6, 6.07) is 13.4.